The SMILES string of the molecule is COCCn1c(C(=O)NC2CCS(=O)(=O)C2)cc2c(=O)n(C)c(=O)n(C)c21. The van der Waals surface area contributed by atoms with Gasteiger partial charge in [0.1, 0.15) is 11.3 Å². The number of carbonyl (C=O) groups is 1. The van der Waals surface area contributed by atoms with E-state index in [1.807, 2.05) is 0 Å². The van der Waals surface area contributed by atoms with Gasteiger partial charge >= 0.3 is 5.69 Å². The van der Waals surface area contributed by atoms with E-state index in [1.165, 1.54) is 31.8 Å². The standard InChI is InChI=1S/C16H22N4O6S/c1-18-14-11(15(22)19(2)16(18)23)8-12(20(14)5-6-26-3)13(21)17-10-4-7-27(24,25)9-10/h8,10H,4-7,9H2,1-3H3,(H,17,21). The summed E-state index contributed by atoms with van der Waals surface area (Å²) in [6.07, 6.45) is 0.354. The quantitative estimate of drug-likeness (QED) is 0.661. The van der Waals surface area contributed by atoms with Crippen molar-refractivity contribution in [3.8, 4) is 0 Å². The van der Waals surface area contributed by atoms with Crippen molar-refractivity contribution in [2.45, 2.75) is 19.0 Å². The highest BCUT2D eigenvalue weighted by Crippen LogP contribution is 2.17. The lowest BCUT2D eigenvalue weighted by Crippen LogP contribution is -2.38. The molecule has 1 atom stereocenters. The van der Waals surface area contributed by atoms with Gasteiger partial charge in [-0.2, -0.15) is 0 Å². The predicted octanol–water partition coefficient (Wildman–Crippen LogP) is -1.40. The lowest BCUT2D eigenvalue weighted by atomic mass is 10.2. The summed E-state index contributed by atoms with van der Waals surface area (Å²) in [5.74, 6) is -0.546. The van der Waals surface area contributed by atoms with Gasteiger partial charge in [-0.05, 0) is 12.5 Å². The lowest BCUT2D eigenvalue weighted by Gasteiger charge is -2.14. The molecule has 27 heavy (non-hydrogen) atoms. The van der Waals surface area contributed by atoms with Crippen LogP contribution in [0.4, 0.5) is 0 Å². The first-order valence-electron chi connectivity index (χ1n) is 8.45. The van der Waals surface area contributed by atoms with Gasteiger partial charge in [-0.1, -0.05) is 0 Å². The Kier molecular flexibility index (Phi) is 5.00. The molecule has 11 heteroatoms. The number of hydrogen-bond acceptors (Lipinski definition) is 6. The fraction of sp³-hybridized carbons (Fsp3) is 0.562. The molecule has 1 N–H and O–H groups in total. The van der Waals surface area contributed by atoms with Gasteiger partial charge < -0.3 is 14.6 Å². The van der Waals surface area contributed by atoms with E-state index in [0.717, 1.165) is 4.57 Å². The zero-order valence-corrected chi connectivity index (χ0v) is 16.2. The van der Waals surface area contributed by atoms with E-state index in [-0.39, 0.29) is 35.7 Å². The first-order valence-corrected chi connectivity index (χ1v) is 10.3. The Labute approximate surface area is 155 Å². The van der Waals surface area contributed by atoms with Crippen molar-refractivity contribution < 1.29 is 17.9 Å². The number of fused-ring (bicyclic) bond motifs is 1. The zero-order valence-electron chi connectivity index (χ0n) is 15.4. The van der Waals surface area contributed by atoms with Crippen molar-refractivity contribution in [2.24, 2.45) is 14.1 Å². The van der Waals surface area contributed by atoms with Gasteiger partial charge in [-0.25, -0.2) is 13.2 Å². The molecule has 1 fully saturated rings. The van der Waals surface area contributed by atoms with Gasteiger partial charge in [-0.3, -0.25) is 18.7 Å². The van der Waals surface area contributed by atoms with Crippen molar-refractivity contribution in [3.63, 3.8) is 0 Å². The van der Waals surface area contributed by atoms with E-state index >= 15 is 0 Å². The molecule has 1 aliphatic rings. The van der Waals surface area contributed by atoms with Gasteiger partial charge in [0.25, 0.3) is 11.5 Å². The summed E-state index contributed by atoms with van der Waals surface area (Å²) in [4.78, 5) is 37.6. The van der Waals surface area contributed by atoms with Crippen LogP contribution in [0, 0.1) is 0 Å². The number of aromatic nitrogens is 3. The molecule has 0 bridgehead atoms. The normalized spacial score (nSPS) is 18.9. The van der Waals surface area contributed by atoms with Crippen molar-refractivity contribution in [1.29, 1.82) is 0 Å². The van der Waals surface area contributed by atoms with Crippen LogP contribution in [0.15, 0.2) is 15.7 Å². The molecule has 1 unspecified atom stereocenters. The van der Waals surface area contributed by atoms with Crippen LogP contribution in [-0.4, -0.2) is 59.3 Å². The molecule has 3 rings (SSSR count). The summed E-state index contributed by atoms with van der Waals surface area (Å²) in [5.41, 5.74) is -0.492. The van der Waals surface area contributed by atoms with Crippen LogP contribution in [0.5, 0.6) is 0 Å². The zero-order chi connectivity index (χ0) is 19.9. The highest BCUT2D eigenvalue weighted by atomic mass is 32.2. The second-order valence-electron chi connectivity index (χ2n) is 6.69. The van der Waals surface area contributed by atoms with Crippen molar-refractivity contribution in [2.75, 3.05) is 25.2 Å². The molecule has 1 saturated heterocycles. The van der Waals surface area contributed by atoms with Gasteiger partial charge in [0.15, 0.2) is 9.84 Å². The van der Waals surface area contributed by atoms with Gasteiger partial charge in [0, 0.05) is 33.8 Å². The number of sulfone groups is 1. The fourth-order valence-corrected chi connectivity index (χ4v) is 5.08. The molecule has 0 radical (unpaired) electrons. The molecule has 2 aromatic rings. The summed E-state index contributed by atoms with van der Waals surface area (Å²) in [6.45, 7) is 0.525. The molecular formula is C16H22N4O6S. The number of aryl methyl sites for hydroxylation is 1. The molecule has 148 valence electrons. The molecule has 0 aromatic carbocycles. The number of amides is 1. The van der Waals surface area contributed by atoms with Crippen LogP contribution < -0.4 is 16.6 Å². The van der Waals surface area contributed by atoms with E-state index < -0.39 is 33.0 Å². The topological polar surface area (TPSA) is 121 Å². The Hall–Kier alpha value is -2.40. The summed E-state index contributed by atoms with van der Waals surface area (Å²) in [6, 6.07) is 0.967. The molecule has 3 heterocycles. The minimum absolute atomic E-state index is 0.0413. The van der Waals surface area contributed by atoms with E-state index in [0.29, 0.717) is 12.1 Å². The van der Waals surface area contributed by atoms with Crippen molar-refractivity contribution >= 4 is 26.8 Å². The van der Waals surface area contributed by atoms with Crippen LogP contribution in [0.1, 0.15) is 16.9 Å². The largest absolute Gasteiger partial charge is 0.383 e. The molecule has 2 aromatic heterocycles. The number of nitrogens with zero attached hydrogens (tertiary/aromatic N) is 3. The molecule has 10 nitrogen and oxygen atoms in total. The van der Waals surface area contributed by atoms with Crippen LogP contribution in [-0.2, 0) is 35.2 Å². The minimum atomic E-state index is -3.14. The van der Waals surface area contributed by atoms with E-state index in [2.05, 4.69) is 5.32 Å². The molecule has 0 saturated carbocycles. The summed E-state index contributed by atoms with van der Waals surface area (Å²) in [7, 11) is 1.27. The average Bonchev–Trinajstić information content (AvgIpc) is 3.16. The first kappa shape index (κ1) is 19.4. The Morgan fingerprint density at radius 1 is 1.30 bits per heavy atom. The van der Waals surface area contributed by atoms with Crippen LogP contribution >= 0.6 is 0 Å². The maximum absolute atomic E-state index is 12.8. The van der Waals surface area contributed by atoms with Gasteiger partial charge in [-0.15, -0.1) is 0 Å². The number of hydrogen-bond donors (Lipinski definition) is 1. The summed E-state index contributed by atoms with van der Waals surface area (Å²) < 4.78 is 32.2. The average molecular weight is 398 g/mol. The lowest BCUT2D eigenvalue weighted by molar-refractivity contribution is 0.0929. The fourth-order valence-electron chi connectivity index (χ4n) is 3.41. The van der Waals surface area contributed by atoms with Crippen LogP contribution in [0.2, 0.25) is 0 Å². The van der Waals surface area contributed by atoms with Crippen molar-refractivity contribution in [1.82, 2.24) is 19.0 Å². The van der Waals surface area contributed by atoms with Gasteiger partial charge in [0.2, 0.25) is 0 Å². The molecule has 0 spiro atoms. The number of rotatable bonds is 5. The third-order valence-corrected chi connectivity index (χ3v) is 6.58. The summed E-state index contributed by atoms with van der Waals surface area (Å²) >= 11 is 0. The summed E-state index contributed by atoms with van der Waals surface area (Å²) in [5, 5.41) is 2.96. The molecular weight excluding hydrogens is 376 g/mol. The number of carbonyl (C=O) groups excluding carboxylic acids is 1. The Balaban J connectivity index is 2.10. The van der Waals surface area contributed by atoms with E-state index in [4.69, 9.17) is 4.74 Å². The van der Waals surface area contributed by atoms with Crippen molar-refractivity contribution in [3.05, 3.63) is 32.6 Å². The minimum Gasteiger partial charge on any atom is -0.383 e. The smallest absolute Gasteiger partial charge is 0.332 e. The number of methoxy groups -OCH3 is 1. The number of ether oxygens (including phenoxy) is 1. The molecule has 1 aliphatic heterocycles. The Bertz CT molecular complexity index is 1120. The monoisotopic (exact) mass is 398 g/mol. The second kappa shape index (κ2) is 6.97. The Morgan fingerprint density at radius 3 is 2.59 bits per heavy atom. The van der Waals surface area contributed by atoms with Crippen LogP contribution in [0.25, 0.3) is 11.0 Å². The first-order chi connectivity index (χ1) is 12.7. The number of nitrogens with one attached hydrogen (secondary N) is 1. The highest BCUT2D eigenvalue weighted by Gasteiger charge is 2.30. The maximum Gasteiger partial charge on any atom is 0.332 e. The molecule has 1 amide bonds. The molecule has 0 aliphatic carbocycles. The highest BCUT2D eigenvalue weighted by molar-refractivity contribution is 7.91. The second-order valence-corrected chi connectivity index (χ2v) is 8.92. The Morgan fingerprint density at radius 2 is 2.00 bits per heavy atom. The van der Waals surface area contributed by atoms with Gasteiger partial charge in [0.05, 0.1) is 23.5 Å². The van der Waals surface area contributed by atoms with E-state index in [1.54, 1.807) is 4.57 Å². The maximum atomic E-state index is 12.8. The third-order valence-electron chi connectivity index (χ3n) is 4.81. The third kappa shape index (κ3) is 3.44. The van der Waals surface area contributed by atoms with E-state index in [9.17, 15) is 22.8 Å². The van der Waals surface area contributed by atoms with Crippen LogP contribution in [0.3, 0.4) is 0 Å². The predicted molar refractivity (Wildman–Crippen MR) is 98.8 cm³/mol.